The first-order valence-electron chi connectivity index (χ1n) is 7.38. The molecule has 0 radical (unpaired) electrons. The van der Waals surface area contributed by atoms with E-state index in [0.29, 0.717) is 18.8 Å². The van der Waals surface area contributed by atoms with Crippen molar-refractivity contribution in [2.75, 3.05) is 32.1 Å². The zero-order valence-corrected chi connectivity index (χ0v) is 13.8. The molecular formula is C15H19NO7S. The maximum Gasteiger partial charge on any atom is 0.410 e. The number of carbonyl (C=O) groups is 2. The normalized spacial score (nSPS) is 16.4. The molecule has 1 atom stereocenters. The van der Waals surface area contributed by atoms with Gasteiger partial charge >= 0.3 is 12.1 Å². The summed E-state index contributed by atoms with van der Waals surface area (Å²) in [6.45, 7) is 1.22. The van der Waals surface area contributed by atoms with Gasteiger partial charge in [0.1, 0.15) is 0 Å². The number of carbonyl (C=O) groups excluding carboxylic acids is 1. The summed E-state index contributed by atoms with van der Waals surface area (Å²) >= 11 is 0. The Morgan fingerprint density at radius 3 is 2.42 bits per heavy atom. The monoisotopic (exact) mass is 357 g/mol. The van der Waals surface area contributed by atoms with E-state index in [0.717, 1.165) is 0 Å². The second-order valence-electron chi connectivity index (χ2n) is 5.35. The molecule has 1 amide bonds. The summed E-state index contributed by atoms with van der Waals surface area (Å²) in [4.78, 5) is 24.5. The van der Waals surface area contributed by atoms with Crippen LogP contribution in [0.2, 0.25) is 0 Å². The van der Waals surface area contributed by atoms with Gasteiger partial charge in [-0.1, -0.05) is 30.3 Å². The summed E-state index contributed by atoms with van der Waals surface area (Å²) in [5, 5.41) is 9.17. The number of benzene rings is 1. The summed E-state index contributed by atoms with van der Waals surface area (Å²) in [7, 11) is -3.76. The van der Waals surface area contributed by atoms with Crippen LogP contribution < -0.4 is 0 Å². The van der Waals surface area contributed by atoms with Crippen LogP contribution >= 0.6 is 0 Å². The van der Waals surface area contributed by atoms with E-state index in [1.54, 1.807) is 30.3 Å². The van der Waals surface area contributed by atoms with E-state index in [9.17, 15) is 18.0 Å². The SMILES string of the molecule is O=C(O)C(CS(=O)(=O)Cc1ccccc1)OC(=O)N1CCOCC1. The number of carboxylic acid groups (broad SMARTS) is 1. The van der Waals surface area contributed by atoms with Crippen molar-refractivity contribution in [2.45, 2.75) is 11.9 Å². The Balaban J connectivity index is 1.99. The van der Waals surface area contributed by atoms with E-state index in [1.807, 2.05) is 0 Å². The zero-order chi connectivity index (χ0) is 17.6. The first kappa shape index (κ1) is 18.2. The maximum absolute atomic E-state index is 12.2. The van der Waals surface area contributed by atoms with Crippen LogP contribution in [0, 0.1) is 0 Å². The zero-order valence-electron chi connectivity index (χ0n) is 13.0. The third kappa shape index (κ3) is 5.50. The van der Waals surface area contributed by atoms with Crippen molar-refractivity contribution in [3.05, 3.63) is 35.9 Å². The Labute approximate surface area is 139 Å². The highest BCUT2D eigenvalue weighted by Crippen LogP contribution is 2.11. The summed E-state index contributed by atoms with van der Waals surface area (Å²) in [5.41, 5.74) is 0.543. The third-order valence-electron chi connectivity index (χ3n) is 3.42. The molecule has 0 bridgehead atoms. The molecule has 0 spiro atoms. The molecule has 8 nitrogen and oxygen atoms in total. The maximum atomic E-state index is 12.2. The molecule has 1 fully saturated rings. The van der Waals surface area contributed by atoms with Crippen molar-refractivity contribution < 1.29 is 32.6 Å². The molecule has 1 N–H and O–H groups in total. The predicted molar refractivity (Wildman–Crippen MR) is 84.2 cm³/mol. The Morgan fingerprint density at radius 1 is 1.21 bits per heavy atom. The van der Waals surface area contributed by atoms with Crippen LogP contribution in [-0.4, -0.2) is 68.6 Å². The number of sulfone groups is 1. The summed E-state index contributed by atoms with van der Waals surface area (Å²) in [5.74, 6) is -2.58. The molecule has 1 aromatic rings. The number of rotatable bonds is 6. The van der Waals surface area contributed by atoms with E-state index < -0.39 is 33.8 Å². The molecule has 0 aliphatic carbocycles. The highest BCUT2D eigenvalue weighted by atomic mass is 32.2. The van der Waals surface area contributed by atoms with E-state index >= 15 is 0 Å². The summed E-state index contributed by atoms with van der Waals surface area (Å²) < 4.78 is 34.3. The van der Waals surface area contributed by atoms with Gasteiger partial charge < -0.3 is 19.5 Å². The van der Waals surface area contributed by atoms with E-state index in [-0.39, 0.29) is 18.8 Å². The highest BCUT2D eigenvalue weighted by molar-refractivity contribution is 7.90. The minimum atomic E-state index is -3.76. The second-order valence-corrected chi connectivity index (χ2v) is 7.46. The molecule has 2 rings (SSSR count). The standard InChI is InChI=1S/C15H19NO7S/c17-14(18)13(23-15(19)16-6-8-22-9-7-16)11-24(20,21)10-12-4-2-1-3-5-12/h1-5,13H,6-11H2,(H,17,18). The van der Waals surface area contributed by atoms with Gasteiger partial charge in [0, 0.05) is 13.1 Å². The number of amides is 1. The Bertz CT molecular complexity index is 668. The topological polar surface area (TPSA) is 110 Å². The van der Waals surface area contributed by atoms with Crippen LogP contribution in [0.25, 0.3) is 0 Å². The average molecular weight is 357 g/mol. The van der Waals surface area contributed by atoms with Crippen molar-refractivity contribution in [2.24, 2.45) is 0 Å². The van der Waals surface area contributed by atoms with Crippen molar-refractivity contribution in [3.8, 4) is 0 Å². The lowest BCUT2D eigenvalue weighted by Gasteiger charge is -2.27. The average Bonchev–Trinajstić information content (AvgIpc) is 2.55. The van der Waals surface area contributed by atoms with Gasteiger partial charge in [0.25, 0.3) is 0 Å². The number of carboxylic acids is 1. The fourth-order valence-corrected chi connectivity index (χ4v) is 3.71. The first-order chi connectivity index (χ1) is 11.4. The number of ether oxygens (including phenoxy) is 2. The van der Waals surface area contributed by atoms with Gasteiger partial charge in [-0.3, -0.25) is 0 Å². The summed E-state index contributed by atoms with van der Waals surface area (Å²) in [6.07, 6.45) is -2.59. The lowest BCUT2D eigenvalue weighted by molar-refractivity contribution is -0.146. The Hall–Kier alpha value is -2.13. The number of hydrogen-bond donors (Lipinski definition) is 1. The molecule has 1 aliphatic rings. The van der Waals surface area contributed by atoms with Gasteiger partial charge in [-0.25, -0.2) is 18.0 Å². The first-order valence-corrected chi connectivity index (χ1v) is 9.20. The van der Waals surface area contributed by atoms with Gasteiger partial charge in [0.2, 0.25) is 6.10 Å². The molecule has 1 aliphatic heterocycles. The quantitative estimate of drug-likeness (QED) is 0.790. The Morgan fingerprint density at radius 2 is 1.83 bits per heavy atom. The molecule has 1 aromatic carbocycles. The van der Waals surface area contributed by atoms with Crippen LogP contribution in [0.5, 0.6) is 0 Å². The number of hydrogen-bond acceptors (Lipinski definition) is 6. The summed E-state index contributed by atoms with van der Waals surface area (Å²) in [6, 6.07) is 8.40. The smallest absolute Gasteiger partial charge is 0.410 e. The van der Waals surface area contributed by atoms with Gasteiger partial charge in [-0.15, -0.1) is 0 Å². The van der Waals surface area contributed by atoms with Crippen LogP contribution in [-0.2, 0) is 29.9 Å². The number of nitrogens with zero attached hydrogens (tertiary/aromatic N) is 1. The molecule has 24 heavy (non-hydrogen) atoms. The fourth-order valence-electron chi connectivity index (χ4n) is 2.22. The van der Waals surface area contributed by atoms with E-state index in [1.165, 1.54) is 4.90 Å². The van der Waals surface area contributed by atoms with E-state index in [2.05, 4.69) is 0 Å². The van der Waals surface area contributed by atoms with Gasteiger partial charge in [-0.05, 0) is 5.56 Å². The lowest BCUT2D eigenvalue weighted by Crippen LogP contribution is -2.44. The second kappa shape index (κ2) is 8.11. The minimum Gasteiger partial charge on any atom is -0.478 e. The van der Waals surface area contributed by atoms with Crippen molar-refractivity contribution in [1.29, 1.82) is 0 Å². The fraction of sp³-hybridized carbons (Fsp3) is 0.467. The van der Waals surface area contributed by atoms with Crippen molar-refractivity contribution in [1.82, 2.24) is 4.90 Å². The van der Waals surface area contributed by atoms with Gasteiger partial charge in [0.15, 0.2) is 9.84 Å². The molecule has 9 heteroatoms. The minimum absolute atomic E-state index is 0.280. The van der Waals surface area contributed by atoms with Gasteiger partial charge in [0.05, 0.1) is 24.7 Å². The molecule has 132 valence electrons. The van der Waals surface area contributed by atoms with Crippen molar-refractivity contribution in [3.63, 3.8) is 0 Å². The number of morpholine rings is 1. The van der Waals surface area contributed by atoms with E-state index in [4.69, 9.17) is 14.6 Å². The molecule has 1 heterocycles. The Kier molecular flexibility index (Phi) is 6.16. The molecule has 1 unspecified atom stereocenters. The number of aliphatic carboxylic acids is 1. The molecular weight excluding hydrogens is 338 g/mol. The van der Waals surface area contributed by atoms with Crippen molar-refractivity contribution >= 4 is 21.9 Å². The van der Waals surface area contributed by atoms with Gasteiger partial charge in [-0.2, -0.15) is 0 Å². The predicted octanol–water partition coefficient (Wildman–Crippen LogP) is 0.523. The largest absolute Gasteiger partial charge is 0.478 e. The molecule has 0 saturated carbocycles. The van der Waals surface area contributed by atoms with Crippen LogP contribution in [0.1, 0.15) is 5.56 Å². The third-order valence-corrected chi connectivity index (χ3v) is 5.01. The van der Waals surface area contributed by atoms with Crippen LogP contribution in [0.15, 0.2) is 30.3 Å². The van der Waals surface area contributed by atoms with Crippen LogP contribution in [0.4, 0.5) is 4.79 Å². The van der Waals surface area contributed by atoms with Crippen LogP contribution in [0.3, 0.4) is 0 Å². The molecule has 0 aromatic heterocycles. The lowest BCUT2D eigenvalue weighted by atomic mass is 10.2. The molecule has 1 saturated heterocycles. The highest BCUT2D eigenvalue weighted by Gasteiger charge is 2.31.